The lowest BCUT2D eigenvalue weighted by Crippen LogP contribution is -2.42. The Labute approximate surface area is 116 Å². The third-order valence-electron chi connectivity index (χ3n) is 2.53. The van der Waals surface area contributed by atoms with E-state index in [0.29, 0.717) is 12.4 Å². The number of carbonyl (C=O) groups is 2. The maximum atomic E-state index is 12.0. The molecule has 20 heavy (non-hydrogen) atoms. The van der Waals surface area contributed by atoms with E-state index in [9.17, 15) is 9.59 Å². The molecular weight excluding hydrogens is 266 g/mol. The van der Waals surface area contributed by atoms with Crippen LogP contribution in [0, 0.1) is 0 Å². The molecule has 1 aromatic rings. The Morgan fingerprint density at radius 2 is 2.00 bits per heavy atom. The highest BCUT2D eigenvalue weighted by Gasteiger charge is 2.26. The zero-order valence-electron chi connectivity index (χ0n) is 11.3. The molecule has 0 aliphatic carbocycles. The first-order valence-corrected chi connectivity index (χ1v) is 6.01. The minimum Gasteiger partial charge on any atom is -0.493 e. The van der Waals surface area contributed by atoms with Gasteiger partial charge >= 0.3 is 11.9 Å². The summed E-state index contributed by atoms with van der Waals surface area (Å²) >= 11 is 0. The molecule has 0 amide bonds. The number of hydrogen-bond acceptors (Lipinski definition) is 6. The van der Waals surface area contributed by atoms with Crippen LogP contribution in [-0.4, -0.2) is 53.5 Å². The molecule has 0 fully saturated rings. The van der Waals surface area contributed by atoms with Gasteiger partial charge in [-0.2, -0.15) is 0 Å². The first kappa shape index (κ1) is 15.9. The minimum absolute atomic E-state index is 0.184. The molecule has 1 aromatic carbocycles. The lowest BCUT2D eigenvalue weighted by molar-refractivity contribution is -0.168. The van der Waals surface area contributed by atoms with Crippen LogP contribution >= 0.6 is 0 Å². The number of rotatable bonds is 7. The van der Waals surface area contributed by atoms with Crippen LogP contribution in [0.1, 0.15) is 17.3 Å². The van der Waals surface area contributed by atoms with Crippen LogP contribution in [0.2, 0.25) is 0 Å². The highest BCUT2D eigenvalue weighted by molar-refractivity contribution is 5.92. The summed E-state index contributed by atoms with van der Waals surface area (Å²) in [7, 11) is 1.26. The number of aliphatic carboxylic acids is 1. The smallest absolute Gasteiger partial charge is 0.360 e. The van der Waals surface area contributed by atoms with Gasteiger partial charge in [-0.25, -0.2) is 4.79 Å². The van der Waals surface area contributed by atoms with E-state index >= 15 is 0 Å². The molecule has 7 heteroatoms. The molecule has 0 unspecified atom stereocenters. The van der Waals surface area contributed by atoms with Gasteiger partial charge in [0.25, 0.3) is 0 Å². The van der Waals surface area contributed by atoms with E-state index in [1.807, 2.05) is 0 Å². The van der Waals surface area contributed by atoms with Crippen LogP contribution in [0.4, 0.5) is 0 Å². The standard InChI is InChI=1S/C13H17NO6/c1-3-19-11-7-5-4-6-9(11)13(18)20-14(2)10(8-15)12(16)17/h4-7,10,15H,3,8H2,1-2H3,(H,16,17)/t10-/m0/s1. The number of para-hydroxylation sites is 1. The molecule has 0 aromatic heterocycles. The predicted molar refractivity (Wildman–Crippen MR) is 69.3 cm³/mol. The quantitative estimate of drug-likeness (QED) is 0.705. The Balaban J connectivity index is 2.83. The lowest BCUT2D eigenvalue weighted by Gasteiger charge is -2.21. The Morgan fingerprint density at radius 3 is 2.55 bits per heavy atom. The molecule has 1 atom stereocenters. The molecule has 0 bridgehead atoms. The van der Waals surface area contributed by atoms with Gasteiger partial charge in [-0.1, -0.05) is 12.1 Å². The molecule has 0 saturated carbocycles. The Hall–Kier alpha value is -2.12. The van der Waals surface area contributed by atoms with E-state index in [1.165, 1.54) is 13.1 Å². The summed E-state index contributed by atoms with van der Waals surface area (Å²) < 4.78 is 5.29. The number of nitrogens with zero attached hydrogens (tertiary/aromatic N) is 1. The van der Waals surface area contributed by atoms with Crippen molar-refractivity contribution in [2.75, 3.05) is 20.3 Å². The van der Waals surface area contributed by atoms with E-state index in [2.05, 4.69) is 0 Å². The molecule has 0 saturated heterocycles. The third kappa shape index (κ3) is 3.94. The number of aliphatic hydroxyl groups is 1. The summed E-state index contributed by atoms with van der Waals surface area (Å²) in [6, 6.07) is 5.15. The Morgan fingerprint density at radius 1 is 1.35 bits per heavy atom. The molecule has 1 rings (SSSR count). The SMILES string of the molecule is CCOc1ccccc1C(=O)ON(C)[C@@H](CO)C(=O)O. The van der Waals surface area contributed by atoms with Crippen molar-refractivity contribution >= 4 is 11.9 Å². The van der Waals surface area contributed by atoms with Crippen LogP contribution < -0.4 is 4.74 Å². The lowest BCUT2D eigenvalue weighted by atomic mass is 10.2. The van der Waals surface area contributed by atoms with Crippen molar-refractivity contribution in [3.8, 4) is 5.75 Å². The van der Waals surface area contributed by atoms with Gasteiger partial charge in [-0.05, 0) is 19.1 Å². The number of carboxylic acid groups (broad SMARTS) is 1. The molecular formula is C13H17NO6. The zero-order valence-corrected chi connectivity index (χ0v) is 11.3. The number of likely N-dealkylation sites (N-methyl/N-ethyl adjacent to an activating group) is 1. The van der Waals surface area contributed by atoms with Crippen LogP contribution in [0.5, 0.6) is 5.75 Å². The van der Waals surface area contributed by atoms with Gasteiger partial charge in [0.1, 0.15) is 11.3 Å². The van der Waals surface area contributed by atoms with Crippen LogP contribution in [0.3, 0.4) is 0 Å². The van der Waals surface area contributed by atoms with Gasteiger partial charge in [0.2, 0.25) is 0 Å². The fraction of sp³-hybridized carbons (Fsp3) is 0.385. The first-order valence-electron chi connectivity index (χ1n) is 6.01. The third-order valence-corrected chi connectivity index (χ3v) is 2.53. The van der Waals surface area contributed by atoms with Crippen LogP contribution in [0.25, 0.3) is 0 Å². The van der Waals surface area contributed by atoms with Gasteiger partial charge < -0.3 is 19.8 Å². The normalized spacial score (nSPS) is 12.0. The number of hydroxylamine groups is 2. The van der Waals surface area contributed by atoms with E-state index in [-0.39, 0.29) is 5.56 Å². The van der Waals surface area contributed by atoms with Gasteiger partial charge in [-0.3, -0.25) is 4.79 Å². The van der Waals surface area contributed by atoms with Crippen molar-refractivity contribution in [1.82, 2.24) is 5.06 Å². The van der Waals surface area contributed by atoms with Gasteiger partial charge in [-0.15, -0.1) is 5.06 Å². The Kier molecular flexibility index (Phi) is 5.95. The summed E-state index contributed by atoms with van der Waals surface area (Å²) in [6.07, 6.45) is 0. The van der Waals surface area contributed by atoms with E-state index in [1.54, 1.807) is 25.1 Å². The largest absolute Gasteiger partial charge is 0.493 e. The zero-order chi connectivity index (χ0) is 15.1. The number of carbonyl (C=O) groups excluding carboxylic acids is 1. The highest BCUT2D eigenvalue weighted by Crippen LogP contribution is 2.19. The van der Waals surface area contributed by atoms with Crippen LogP contribution in [0.15, 0.2) is 24.3 Å². The molecule has 0 aliphatic rings. The summed E-state index contributed by atoms with van der Waals surface area (Å²) in [5, 5.41) is 18.6. The minimum atomic E-state index is -1.32. The molecule has 0 heterocycles. The van der Waals surface area contributed by atoms with E-state index < -0.39 is 24.6 Å². The monoisotopic (exact) mass is 283 g/mol. The average Bonchev–Trinajstić information content (AvgIpc) is 2.39. The van der Waals surface area contributed by atoms with Crippen molar-refractivity contribution < 1.29 is 29.4 Å². The second-order valence-corrected chi connectivity index (χ2v) is 3.89. The van der Waals surface area contributed by atoms with Crippen molar-refractivity contribution in [2.24, 2.45) is 0 Å². The fourth-order valence-corrected chi connectivity index (χ4v) is 1.51. The number of ether oxygens (including phenoxy) is 1. The van der Waals surface area contributed by atoms with Crippen molar-refractivity contribution in [2.45, 2.75) is 13.0 Å². The predicted octanol–water partition coefficient (Wildman–Crippen LogP) is 0.534. The summed E-state index contributed by atoms with van der Waals surface area (Å²) in [6.45, 7) is 1.49. The molecule has 7 nitrogen and oxygen atoms in total. The fourth-order valence-electron chi connectivity index (χ4n) is 1.51. The van der Waals surface area contributed by atoms with Gasteiger partial charge in [0, 0.05) is 7.05 Å². The van der Waals surface area contributed by atoms with Crippen molar-refractivity contribution in [1.29, 1.82) is 0 Å². The van der Waals surface area contributed by atoms with E-state index in [4.69, 9.17) is 19.8 Å². The van der Waals surface area contributed by atoms with Crippen LogP contribution in [-0.2, 0) is 9.63 Å². The molecule has 110 valence electrons. The highest BCUT2D eigenvalue weighted by atomic mass is 16.7. The second-order valence-electron chi connectivity index (χ2n) is 3.89. The second kappa shape index (κ2) is 7.46. The molecule has 0 radical (unpaired) electrons. The maximum absolute atomic E-state index is 12.0. The summed E-state index contributed by atoms with van der Waals surface area (Å²) in [4.78, 5) is 27.7. The molecule has 0 aliphatic heterocycles. The Bertz CT molecular complexity index is 476. The molecule has 0 spiro atoms. The van der Waals surface area contributed by atoms with Crippen molar-refractivity contribution in [3.05, 3.63) is 29.8 Å². The topological polar surface area (TPSA) is 96.3 Å². The van der Waals surface area contributed by atoms with Gasteiger partial charge in [0.15, 0.2) is 6.04 Å². The first-order chi connectivity index (χ1) is 9.51. The molecule has 2 N–H and O–H groups in total. The number of carboxylic acids is 1. The number of benzene rings is 1. The maximum Gasteiger partial charge on any atom is 0.360 e. The number of hydrogen-bond donors (Lipinski definition) is 2. The van der Waals surface area contributed by atoms with Crippen molar-refractivity contribution in [3.63, 3.8) is 0 Å². The summed E-state index contributed by atoms with van der Waals surface area (Å²) in [5.41, 5.74) is 0.184. The average molecular weight is 283 g/mol. The summed E-state index contributed by atoms with van der Waals surface area (Å²) in [5.74, 6) is -1.69. The van der Waals surface area contributed by atoms with E-state index in [0.717, 1.165) is 5.06 Å². The van der Waals surface area contributed by atoms with Gasteiger partial charge in [0.05, 0.1) is 13.2 Å². The number of aliphatic hydroxyl groups excluding tert-OH is 1.